The fourth-order valence-electron chi connectivity index (χ4n) is 1.72. The molecule has 1 aromatic rings. The first-order valence-corrected chi connectivity index (χ1v) is 4.71. The summed E-state index contributed by atoms with van der Waals surface area (Å²) < 4.78 is 13.7. The Labute approximate surface area is 78.9 Å². The first kappa shape index (κ1) is 8.20. The second-order valence-corrected chi connectivity index (χ2v) is 3.96. The van der Waals surface area contributed by atoms with Crippen molar-refractivity contribution in [3.05, 3.63) is 33.5 Å². The van der Waals surface area contributed by atoms with E-state index in [1.165, 1.54) is 6.07 Å². The van der Waals surface area contributed by atoms with Gasteiger partial charge in [-0.25, -0.2) is 4.39 Å². The lowest BCUT2D eigenvalue weighted by Crippen LogP contribution is -2.06. The number of aryl methyl sites for hydroxylation is 1. The smallest absolute Gasteiger partial charge is 0.124 e. The molecule has 0 bridgehead atoms. The molecule has 0 fully saturated rings. The zero-order valence-corrected chi connectivity index (χ0v) is 8.07. The van der Waals surface area contributed by atoms with Gasteiger partial charge in [-0.2, -0.15) is 0 Å². The Balaban J connectivity index is 2.60. The molecule has 1 atom stereocenters. The average Bonchev–Trinajstić information content (AvgIpc) is 2.31. The van der Waals surface area contributed by atoms with Crippen LogP contribution < -0.4 is 5.73 Å². The third kappa shape index (κ3) is 1.17. The van der Waals surface area contributed by atoms with Gasteiger partial charge >= 0.3 is 0 Å². The van der Waals surface area contributed by atoms with E-state index in [0.717, 1.165) is 28.4 Å². The highest BCUT2D eigenvalue weighted by Gasteiger charge is 2.22. The van der Waals surface area contributed by atoms with E-state index in [1.807, 2.05) is 0 Å². The van der Waals surface area contributed by atoms with Crippen LogP contribution in [0.3, 0.4) is 0 Å². The summed E-state index contributed by atoms with van der Waals surface area (Å²) in [5, 5.41) is 0. The van der Waals surface area contributed by atoms with Gasteiger partial charge in [0, 0.05) is 10.5 Å². The molecule has 0 heterocycles. The Morgan fingerprint density at radius 3 is 3.00 bits per heavy atom. The van der Waals surface area contributed by atoms with Crippen LogP contribution in [-0.2, 0) is 6.42 Å². The molecule has 0 aliphatic heterocycles. The fraction of sp³-hybridized carbons (Fsp3) is 0.333. The lowest BCUT2D eigenvalue weighted by atomic mass is 10.1. The molecule has 1 aliphatic carbocycles. The molecular weight excluding hydrogens is 221 g/mol. The normalized spacial score (nSPS) is 21.1. The molecule has 1 aromatic carbocycles. The molecule has 3 heteroatoms. The van der Waals surface area contributed by atoms with Crippen LogP contribution >= 0.6 is 15.9 Å². The van der Waals surface area contributed by atoms with Gasteiger partial charge in [-0.3, -0.25) is 0 Å². The largest absolute Gasteiger partial charge is 0.324 e. The molecule has 64 valence electrons. The number of benzene rings is 1. The van der Waals surface area contributed by atoms with Crippen molar-refractivity contribution in [1.82, 2.24) is 0 Å². The summed E-state index contributed by atoms with van der Waals surface area (Å²) >= 11 is 3.32. The molecule has 0 saturated carbocycles. The molecule has 0 amide bonds. The van der Waals surface area contributed by atoms with Crippen molar-refractivity contribution >= 4 is 15.9 Å². The number of nitrogens with two attached hydrogens (primary N) is 1. The van der Waals surface area contributed by atoms with E-state index in [2.05, 4.69) is 15.9 Å². The van der Waals surface area contributed by atoms with Crippen molar-refractivity contribution in [3.63, 3.8) is 0 Å². The Kier molecular flexibility index (Phi) is 1.93. The van der Waals surface area contributed by atoms with Gasteiger partial charge in [-0.1, -0.05) is 15.9 Å². The topological polar surface area (TPSA) is 26.0 Å². The molecule has 0 saturated heterocycles. The molecule has 12 heavy (non-hydrogen) atoms. The number of rotatable bonds is 0. The van der Waals surface area contributed by atoms with Gasteiger partial charge in [0.1, 0.15) is 5.82 Å². The van der Waals surface area contributed by atoms with Crippen LogP contribution in [0.5, 0.6) is 0 Å². The zero-order valence-electron chi connectivity index (χ0n) is 6.48. The third-order valence-electron chi connectivity index (χ3n) is 2.28. The van der Waals surface area contributed by atoms with Crippen molar-refractivity contribution < 1.29 is 4.39 Å². The molecular formula is C9H9BrFN. The van der Waals surface area contributed by atoms with Crippen molar-refractivity contribution in [2.75, 3.05) is 0 Å². The Morgan fingerprint density at radius 2 is 2.25 bits per heavy atom. The number of fused-ring (bicyclic) bond motifs is 1. The highest BCUT2D eigenvalue weighted by molar-refractivity contribution is 9.10. The quantitative estimate of drug-likeness (QED) is 0.728. The summed E-state index contributed by atoms with van der Waals surface area (Å²) in [6.45, 7) is 0. The van der Waals surface area contributed by atoms with Crippen LogP contribution in [0.1, 0.15) is 23.6 Å². The average molecular weight is 230 g/mol. The van der Waals surface area contributed by atoms with E-state index in [9.17, 15) is 4.39 Å². The fourth-order valence-corrected chi connectivity index (χ4v) is 2.48. The maximum atomic E-state index is 12.9. The van der Waals surface area contributed by atoms with Gasteiger partial charge < -0.3 is 5.73 Å². The van der Waals surface area contributed by atoms with E-state index >= 15 is 0 Å². The summed E-state index contributed by atoms with van der Waals surface area (Å²) in [5.74, 6) is -0.185. The first-order valence-electron chi connectivity index (χ1n) is 3.92. The lowest BCUT2D eigenvalue weighted by Gasteiger charge is -2.06. The number of hydrogen-bond donors (Lipinski definition) is 1. The molecule has 1 aliphatic rings. The number of hydrogen-bond acceptors (Lipinski definition) is 1. The summed E-state index contributed by atoms with van der Waals surface area (Å²) in [6.07, 6.45) is 1.82. The van der Waals surface area contributed by atoms with Crippen molar-refractivity contribution in [2.24, 2.45) is 5.73 Å². The number of halogens is 2. The lowest BCUT2D eigenvalue weighted by molar-refractivity contribution is 0.624. The zero-order chi connectivity index (χ0) is 8.72. The minimum atomic E-state index is -0.185. The van der Waals surface area contributed by atoms with E-state index in [0.29, 0.717) is 0 Å². The van der Waals surface area contributed by atoms with Crippen LogP contribution in [0, 0.1) is 5.82 Å². The highest BCUT2D eigenvalue weighted by Crippen LogP contribution is 2.35. The monoisotopic (exact) mass is 229 g/mol. The standard InChI is InChI=1S/C9H9BrFN/c10-7-4-6(11)3-5-1-2-8(12)9(5)7/h3-4,8H,1-2,12H2/t8-/m0/s1. The maximum absolute atomic E-state index is 12.9. The Bertz CT molecular complexity index is 325. The van der Waals surface area contributed by atoms with Gasteiger partial charge in [0.15, 0.2) is 0 Å². The summed E-state index contributed by atoms with van der Waals surface area (Å²) in [7, 11) is 0. The molecule has 2 rings (SSSR count). The Morgan fingerprint density at radius 1 is 1.50 bits per heavy atom. The van der Waals surface area contributed by atoms with Gasteiger partial charge in [-0.05, 0) is 36.1 Å². The second kappa shape index (κ2) is 2.82. The van der Waals surface area contributed by atoms with E-state index in [-0.39, 0.29) is 11.9 Å². The molecule has 0 spiro atoms. The molecule has 0 unspecified atom stereocenters. The van der Waals surface area contributed by atoms with Gasteiger partial charge in [0.05, 0.1) is 0 Å². The molecule has 0 radical (unpaired) electrons. The Hall–Kier alpha value is -0.410. The second-order valence-electron chi connectivity index (χ2n) is 3.11. The summed E-state index contributed by atoms with van der Waals surface area (Å²) in [6, 6.07) is 3.13. The molecule has 2 N–H and O–H groups in total. The minimum Gasteiger partial charge on any atom is -0.324 e. The van der Waals surface area contributed by atoms with E-state index in [1.54, 1.807) is 6.07 Å². The predicted molar refractivity (Wildman–Crippen MR) is 49.3 cm³/mol. The van der Waals surface area contributed by atoms with Gasteiger partial charge in [0.25, 0.3) is 0 Å². The van der Waals surface area contributed by atoms with Crippen LogP contribution in [0.4, 0.5) is 4.39 Å². The third-order valence-corrected chi connectivity index (χ3v) is 2.93. The van der Waals surface area contributed by atoms with E-state index in [4.69, 9.17) is 5.73 Å². The van der Waals surface area contributed by atoms with Crippen molar-refractivity contribution in [3.8, 4) is 0 Å². The van der Waals surface area contributed by atoms with Crippen LogP contribution in [-0.4, -0.2) is 0 Å². The van der Waals surface area contributed by atoms with Crippen LogP contribution in [0.25, 0.3) is 0 Å². The predicted octanol–water partition coefficient (Wildman–Crippen LogP) is 2.53. The maximum Gasteiger partial charge on any atom is 0.124 e. The van der Waals surface area contributed by atoms with Crippen molar-refractivity contribution in [2.45, 2.75) is 18.9 Å². The van der Waals surface area contributed by atoms with Crippen LogP contribution in [0.15, 0.2) is 16.6 Å². The van der Waals surface area contributed by atoms with Crippen LogP contribution in [0.2, 0.25) is 0 Å². The first-order chi connectivity index (χ1) is 5.68. The van der Waals surface area contributed by atoms with Gasteiger partial charge in [-0.15, -0.1) is 0 Å². The van der Waals surface area contributed by atoms with Crippen molar-refractivity contribution in [1.29, 1.82) is 0 Å². The molecule has 0 aromatic heterocycles. The summed E-state index contributed by atoms with van der Waals surface area (Å²) in [4.78, 5) is 0. The SMILES string of the molecule is N[C@H]1CCc2cc(F)cc(Br)c21. The van der Waals surface area contributed by atoms with E-state index < -0.39 is 0 Å². The summed E-state index contributed by atoms with van der Waals surface area (Å²) in [5.41, 5.74) is 7.98. The minimum absolute atomic E-state index is 0.0787. The van der Waals surface area contributed by atoms with Gasteiger partial charge in [0.2, 0.25) is 0 Å². The molecule has 1 nitrogen and oxygen atoms in total. The highest BCUT2D eigenvalue weighted by atomic mass is 79.9.